The molecule has 0 atom stereocenters. The van der Waals surface area contributed by atoms with Crippen LogP contribution in [0.4, 0.5) is 26.3 Å². The highest BCUT2D eigenvalue weighted by Gasteiger charge is 2.38. The first-order valence-electron chi connectivity index (χ1n) is 8.10. The minimum Gasteiger partial charge on any atom is -0.297 e. The fraction of sp³-hybridized carbons (Fsp3) is 0.625. The van der Waals surface area contributed by atoms with Gasteiger partial charge in [0.05, 0.1) is 16.0 Å². The summed E-state index contributed by atoms with van der Waals surface area (Å²) in [5.41, 5.74) is -3.35. The normalized spacial score (nSPS) is 13.8. The zero-order valence-corrected chi connectivity index (χ0v) is 16.1. The predicted octanol–water partition coefficient (Wildman–Crippen LogP) is 4.12. The van der Waals surface area contributed by atoms with E-state index in [2.05, 4.69) is 4.72 Å². The smallest absolute Gasteiger partial charge is 0.297 e. The number of nitrogens with one attached hydrogen (secondary N) is 1. The molecule has 0 fully saturated rings. The van der Waals surface area contributed by atoms with Crippen LogP contribution in [0.25, 0.3) is 0 Å². The van der Waals surface area contributed by atoms with Crippen molar-refractivity contribution in [1.29, 1.82) is 0 Å². The van der Waals surface area contributed by atoms with E-state index in [-0.39, 0.29) is 43.4 Å². The van der Waals surface area contributed by atoms with Crippen molar-refractivity contribution >= 4 is 10.0 Å². The standard InChI is InChI=1S/C16H22F6N2O2S/c1-10(2)24(11(3)4)6-5-23-27(25,26)14-8-12(15(17,18)19)7-13(9-14)16(20,21)22/h7-11,23H,5-6H2,1-4H3. The predicted molar refractivity (Wildman–Crippen MR) is 88.6 cm³/mol. The van der Waals surface area contributed by atoms with Gasteiger partial charge in [-0.1, -0.05) is 0 Å². The molecule has 1 rings (SSSR count). The van der Waals surface area contributed by atoms with Gasteiger partial charge in [0.15, 0.2) is 0 Å². The fourth-order valence-electron chi connectivity index (χ4n) is 2.59. The number of nitrogens with zero attached hydrogens (tertiary/aromatic N) is 1. The number of rotatable bonds is 7. The second kappa shape index (κ2) is 8.36. The van der Waals surface area contributed by atoms with Gasteiger partial charge in [-0.3, -0.25) is 4.90 Å². The summed E-state index contributed by atoms with van der Waals surface area (Å²) >= 11 is 0. The maximum Gasteiger partial charge on any atom is 0.416 e. The highest BCUT2D eigenvalue weighted by atomic mass is 32.2. The summed E-state index contributed by atoms with van der Waals surface area (Å²) in [5.74, 6) is 0. The van der Waals surface area contributed by atoms with Crippen LogP contribution in [-0.2, 0) is 22.4 Å². The summed E-state index contributed by atoms with van der Waals surface area (Å²) in [7, 11) is -4.55. The van der Waals surface area contributed by atoms with Gasteiger partial charge >= 0.3 is 12.4 Å². The Labute approximate surface area is 154 Å². The van der Waals surface area contributed by atoms with E-state index in [9.17, 15) is 34.8 Å². The van der Waals surface area contributed by atoms with Gasteiger partial charge in [0.2, 0.25) is 10.0 Å². The van der Waals surface area contributed by atoms with E-state index < -0.39 is 38.4 Å². The Morgan fingerprint density at radius 2 is 1.30 bits per heavy atom. The van der Waals surface area contributed by atoms with Gasteiger partial charge in [-0.15, -0.1) is 0 Å². The Morgan fingerprint density at radius 3 is 1.63 bits per heavy atom. The Hall–Kier alpha value is -1.33. The van der Waals surface area contributed by atoms with Crippen LogP contribution in [0.15, 0.2) is 23.1 Å². The van der Waals surface area contributed by atoms with Gasteiger partial charge < -0.3 is 0 Å². The Bertz CT molecular complexity index is 702. The zero-order valence-electron chi connectivity index (χ0n) is 15.2. The third kappa shape index (κ3) is 6.65. The van der Waals surface area contributed by atoms with Gasteiger partial charge in [-0.2, -0.15) is 26.3 Å². The Morgan fingerprint density at radius 1 is 0.889 bits per heavy atom. The highest BCUT2D eigenvalue weighted by molar-refractivity contribution is 7.89. The summed E-state index contributed by atoms with van der Waals surface area (Å²) in [6.07, 6.45) is -10.2. The molecule has 156 valence electrons. The first kappa shape index (κ1) is 23.7. The molecule has 0 amide bonds. The second-order valence-corrected chi connectivity index (χ2v) is 8.33. The van der Waals surface area contributed by atoms with Gasteiger partial charge in [0.25, 0.3) is 0 Å². The average molecular weight is 420 g/mol. The van der Waals surface area contributed by atoms with Crippen molar-refractivity contribution in [2.24, 2.45) is 0 Å². The number of alkyl halides is 6. The summed E-state index contributed by atoms with van der Waals surface area (Å²) in [5, 5.41) is 0. The lowest BCUT2D eigenvalue weighted by Crippen LogP contribution is -2.42. The van der Waals surface area contributed by atoms with Gasteiger partial charge in [-0.05, 0) is 45.9 Å². The summed E-state index contributed by atoms with van der Waals surface area (Å²) < 4.78 is 104. The molecule has 0 aliphatic rings. The molecule has 0 unspecified atom stereocenters. The van der Waals surface area contributed by atoms with E-state index in [0.717, 1.165) is 0 Å². The van der Waals surface area contributed by atoms with E-state index in [0.29, 0.717) is 0 Å². The second-order valence-electron chi connectivity index (χ2n) is 6.56. The van der Waals surface area contributed by atoms with E-state index in [1.165, 1.54) is 0 Å². The molecule has 0 saturated carbocycles. The molecule has 0 radical (unpaired) electrons. The average Bonchev–Trinajstić information content (AvgIpc) is 2.48. The molecule has 1 aromatic carbocycles. The van der Waals surface area contributed by atoms with Crippen molar-refractivity contribution in [3.8, 4) is 0 Å². The minimum atomic E-state index is -5.11. The molecule has 4 nitrogen and oxygen atoms in total. The van der Waals surface area contributed by atoms with Crippen LogP contribution in [0.3, 0.4) is 0 Å². The molecule has 27 heavy (non-hydrogen) atoms. The summed E-state index contributed by atoms with van der Waals surface area (Å²) in [4.78, 5) is 0.848. The van der Waals surface area contributed by atoms with E-state index in [4.69, 9.17) is 0 Å². The Balaban J connectivity index is 3.15. The van der Waals surface area contributed by atoms with Crippen molar-refractivity contribution in [1.82, 2.24) is 9.62 Å². The van der Waals surface area contributed by atoms with Crippen LogP contribution in [0.2, 0.25) is 0 Å². The first-order chi connectivity index (χ1) is 12.1. The molecular weight excluding hydrogens is 398 g/mol. The number of benzene rings is 1. The molecule has 0 bridgehead atoms. The number of hydrogen-bond acceptors (Lipinski definition) is 3. The largest absolute Gasteiger partial charge is 0.416 e. The van der Waals surface area contributed by atoms with Crippen molar-refractivity contribution in [3.63, 3.8) is 0 Å². The maximum absolute atomic E-state index is 12.9. The third-order valence-electron chi connectivity index (χ3n) is 3.86. The SMILES string of the molecule is CC(C)N(CCNS(=O)(=O)c1cc(C(F)(F)F)cc(C(F)(F)F)c1)C(C)C. The lowest BCUT2D eigenvalue weighted by molar-refractivity contribution is -0.143. The number of halogens is 6. The minimum absolute atomic E-state index is 0.0832. The molecule has 11 heteroatoms. The molecule has 0 aromatic heterocycles. The topological polar surface area (TPSA) is 49.4 Å². The van der Waals surface area contributed by atoms with Gasteiger partial charge in [0.1, 0.15) is 0 Å². The zero-order chi connectivity index (χ0) is 21.2. The Kier molecular flexibility index (Phi) is 7.34. The van der Waals surface area contributed by atoms with Crippen LogP contribution >= 0.6 is 0 Å². The molecule has 1 N–H and O–H groups in total. The molecule has 0 aliphatic heterocycles. The van der Waals surface area contributed by atoms with Crippen molar-refractivity contribution in [2.75, 3.05) is 13.1 Å². The van der Waals surface area contributed by atoms with E-state index >= 15 is 0 Å². The van der Waals surface area contributed by atoms with E-state index in [1.807, 2.05) is 32.6 Å². The van der Waals surface area contributed by atoms with Gasteiger partial charge in [0, 0.05) is 25.2 Å². The van der Waals surface area contributed by atoms with E-state index in [1.54, 1.807) is 0 Å². The van der Waals surface area contributed by atoms with Crippen LogP contribution in [-0.4, -0.2) is 38.5 Å². The molecule has 0 spiro atoms. The van der Waals surface area contributed by atoms with Crippen LogP contribution in [0.1, 0.15) is 38.8 Å². The van der Waals surface area contributed by atoms with Crippen LogP contribution in [0, 0.1) is 0 Å². The highest BCUT2D eigenvalue weighted by Crippen LogP contribution is 2.37. The summed E-state index contributed by atoms with van der Waals surface area (Å²) in [6.45, 7) is 7.64. The third-order valence-corrected chi connectivity index (χ3v) is 5.30. The van der Waals surface area contributed by atoms with Crippen molar-refractivity contribution < 1.29 is 34.8 Å². The lowest BCUT2D eigenvalue weighted by atomic mass is 10.1. The van der Waals surface area contributed by atoms with Crippen LogP contribution < -0.4 is 4.72 Å². The first-order valence-corrected chi connectivity index (χ1v) is 9.59. The monoisotopic (exact) mass is 420 g/mol. The van der Waals surface area contributed by atoms with Gasteiger partial charge in [-0.25, -0.2) is 13.1 Å². The molecule has 0 aliphatic carbocycles. The van der Waals surface area contributed by atoms with Crippen molar-refractivity contribution in [3.05, 3.63) is 29.3 Å². The molecule has 0 heterocycles. The van der Waals surface area contributed by atoms with Crippen molar-refractivity contribution in [2.45, 2.75) is 57.0 Å². The molecular formula is C16H22F6N2O2S. The molecule has 0 saturated heterocycles. The number of sulfonamides is 1. The lowest BCUT2D eigenvalue weighted by Gasteiger charge is -2.30. The maximum atomic E-state index is 12.9. The quantitative estimate of drug-likeness (QED) is 0.675. The summed E-state index contributed by atoms with van der Waals surface area (Å²) in [6, 6.07) is 0.443. The molecule has 1 aromatic rings. The fourth-order valence-corrected chi connectivity index (χ4v) is 3.68. The number of hydrogen-bond donors (Lipinski definition) is 1. The van der Waals surface area contributed by atoms with Crippen LogP contribution in [0.5, 0.6) is 0 Å².